The van der Waals surface area contributed by atoms with Crippen molar-refractivity contribution in [3.05, 3.63) is 29.3 Å². The van der Waals surface area contributed by atoms with Crippen LogP contribution >= 0.6 is 0 Å². The number of carbonyl (C=O) groups excluding carboxylic acids is 2. The van der Waals surface area contributed by atoms with Crippen LogP contribution in [-0.4, -0.2) is 24.5 Å². The highest BCUT2D eigenvalue weighted by Crippen LogP contribution is 2.38. The average molecular weight is 316 g/mol. The first-order valence-electron chi connectivity index (χ1n) is 7.73. The van der Waals surface area contributed by atoms with Crippen LogP contribution in [0.1, 0.15) is 37.7 Å². The molecule has 1 aromatic carbocycles. The molecule has 0 atom stereocenters. The normalized spacial score (nSPS) is 21.8. The van der Waals surface area contributed by atoms with Crippen molar-refractivity contribution in [3.63, 3.8) is 0 Å². The molecule has 3 aliphatic rings. The van der Waals surface area contributed by atoms with E-state index in [1.54, 1.807) is 18.2 Å². The van der Waals surface area contributed by atoms with Crippen molar-refractivity contribution in [2.24, 2.45) is 0 Å². The number of fused-ring (bicyclic) bond motifs is 1. The summed E-state index contributed by atoms with van der Waals surface area (Å²) in [7, 11) is 0. The van der Waals surface area contributed by atoms with Crippen LogP contribution in [-0.2, 0) is 19.1 Å². The van der Waals surface area contributed by atoms with Crippen LogP contribution in [0.4, 0.5) is 0 Å². The Labute approximate surface area is 133 Å². The lowest BCUT2D eigenvalue weighted by molar-refractivity contribution is -0.244. The molecule has 6 nitrogen and oxygen atoms in total. The molecule has 0 unspecified atom stereocenters. The zero-order valence-electron chi connectivity index (χ0n) is 12.5. The first-order chi connectivity index (χ1) is 11.2. The van der Waals surface area contributed by atoms with Gasteiger partial charge in [0.2, 0.25) is 6.79 Å². The van der Waals surface area contributed by atoms with E-state index in [-0.39, 0.29) is 12.4 Å². The fourth-order valence-electron chi connectivity index (χ4n) is 3.13. The Morgan fingerprint density at radius 1 is 0.913 bits per heavy atom. The largest absolute Gasteiger partial charge is 0.454 e. The van der Waals surface area contributed by atoms with Crippen LogP contribution in [0.15, 0.2) is 23.8 Å². The van der Waals surface area contributed by atoms with Crippen LogP contribution in [0.3, 0.4) is 0 Å². The van der Waals surface area contributed by atoms with Gasteiger partial charge in [0.05, 0.1) is 0 Å². The summed E-state index contributed by atoms with van der Waals surface area (Å²) in [4.78, 5) is 24.5. The molecular formula is C17H16O6. The fraction of sp³-hybridized carbons (Fsp3) is 0.412. The summed E-state index contributed by atoms with van der Waals surface area (Å²) >= 11 is 0. The predicted octanol–water partition coefficient (Wildman–Crippen LogP) is 2.56. The molecule has 0 amide bonds. The Bertz CT molecular complexity index is 677. The van der Waals surface area contributed by atoms with Gasteiger partial charge in [-0.05, 0) is 36.6 Å². The maximum atomic E-state index is 12.3. The molecule has 2 aliphatic heterocycles. The number of esters is 2. The molecule has 2 fully saturated rings. The van der Waals surface area contributed by atoms with E-state index in [1.807, 2.05) is 0 Å². The van der Waals surface area contributed by atoms with Crippen molar-refractivity contribution in [3.8, 4) is 11.5 Å². The minimum atomic E-state index is -1.06. The van der Waals surface area contributed by atoms with Crippen molar-refractivity contribution in [1.29, 1.82) is 0 Å². The highest BCUT2D eigenvalue weighted by Gasteiger charge is 2.46. The second-order valence-corrected chi connectivity index (χ2v) is 5.92. The fourth-order valence-corrected chi connectivity index (χ4v) is 3.13. The standard InChI is InChI=1S/C17H16O6/c18-15-12(8-11-4-5-13-14(9-11)21-10-20-13)16(19)23-17(22-15)6-2-1-3-7-17/h4-5,8-9H,1-3,6-7,10H2. The van der Waals surface area contributed by atoms with Crippen LogP contribution in [0.2, 0.25) is 0 Å². The van der Waals surface area contributed by atoms with Crippen molar-refractivity contribution in [2.45, 2.75) is 37.9 Å². The topological polar surface area (TPSA) is 71.1 Å². The monoisotopic (exact) mass is 316 g/mol. The summed E-state index contributed by atoms with van der Waals surface area (Å²) < 4.78 is 21.4. The smallest absolute Gasteiger partial charge is 0.348 e. The zero-order valence-corrected chi connectivity index (χ0v) is 12.5. The summed E-state index contributed by atoms with van der Waals surface area (Å²) in [6, 6.07) is 5.18. The van der Waals surface area contributed by atoms with Crippen molar-refractivity contribution in [1.82, 2.24) is 0 Å². The van der Waals surface area contributed by atoms with Crippen molar-refractivity contribution < 1.29 is 28.5 Å². The lowest BCUT2D eigenvalue weighted by Gasteiger charge is -2.38. The van der Waals surface area contributed by atoms with E-state index in [2.05, 4.69) is 0 Å². The lowest BCUT2D eigenvalue weighted by atomic mass is 9.93. The molecule has 0 aromatic heterocycles. The molecule has 0 N–H and O–H groups in total. The van der Waals surface area contributed by atoms with Crippen molar-refractivity contribution in [2.75, 3.05) is 6.79 Å². The molecular weight excluding hydrogens is 300 g/mol. The summed E-state index contributed by atoms with van der Waals surface area (Å²) in [5.74, 6) is -1.08. The first-order valence-corrected chi connectivity index (χ1v) is 7.73. The van der Waals surface area contributed by atoms with Gasteiger partial charge in [0.15, 0.2) is 11.5 Å². The van der Waals surface area contributed by atoms with Crippen LogP contribution in [0, 0.1) is 0 Å². The van der Waals surface area contributed by atoms with E-state index < -0.39 is 17.7 Å². The van der Waals surface area contributed by atoms with Crippen LogP contribution < -0.4 is 9.47 Å². The van der Waals surface area contributed by atoms with Gasteiger partial charge in [-0.3, -0.25) is 0 Å². The molecule has 1 spiro atoms. The van der Waals surface area contributed by atoms with Gasteiger partial charge < -0.3 is 18.9 Å². The Kier molecular flexibility index (Phi) is 3.25. The minimum absolute atomic E-state index is 0.0972. The third kappa shape index (κ3) is 2.54. The number of ether oxygens (including phenoxy) is 4. The second kappa shape index (κ2) is 5.30. The number of rotatable bonds is 1. The van der Waals surface area contributed by atoms with Gasteiger partial charge in [-0.1, -0.05) is 12.5 Å². The average Bonchev–Trinajstić information content (AvgIpc) is 2.99. The Morgan fingerprint density at radius 3 is 2.35 bits per heavy atom. The third-order valence-corrected chi connectivity index (χ3v) is 4.32. The van der Waals surface area contributed by atoms with Gasteiger partial charge in [-0.15, -0.1) is 0 Å². The van der Waals surface area contributed by atoms with E-state index >= 15 is 0 Å². The first kappa shape index (κ1) is 14.1. The van der Waals surface area contributed by atoms with Gasteiger partial charge in [0, 0.05) is 12.8 Å². The second-order valence-electron chi connectivity index (χ2n) is 5.92. The van der Waals surface area contributed by atoms with Crippen molar-refractivity contribution >= 4 is 18.0 Å². The molecule has 2 heterocycles. The van der Waals surface area contributed by atoms with Gasteiger partial charge in [0.1, 0.15) is 5.57 Å². The molecule has 4 rings (SSSR count). The molecule has 120 valence electrons. The number of hydrogen-bond donors (Lipinski definition) is 0. The Hall–Kier alpha value is -2.50. The number of benzene rings is 1. The molecule has 1 aliphatic carbocycles. The summed E-state index contributed by atoms with van der Waals surface area (Å²) in [6.45, 7) is 0.169. The van der Waals surface area contributed by atoms with Gasteiger partial charge in [0.25, 0.3) is 5.79 Å². The molecule has 1 aromatic rings. The molecule has 1 saturated heterocycles. The van der Waals surface area contributed by atoms with Gasteiger partial charge >= 0.3 is 11.9 Å². The van der Waals surface area contributed by atoms with Crippen LogP contribution in [0.25, 0.3) is 6.08 Å². The number of carbonyl (C=O) groups is 2. The highest BCUT2D eigenvalue weighted by atomic mass is 16.7. The molecule has 0 radical (unpaired) electrons. The van der Waals surface area contributed by atoms with E-state index in [0.29, 0.717) is 29.9 Å². The molecule has 0 bridgehead atoms. The maximum absolute atomic E-state index is 12.3. The number of hydrogen-bond acceptors (Lipinski definition) is 6. The molecule has 6 heteroatoms. The Morgan fingerprint density at radius 2 is 1.61 bits per heavy atom. The quantitative estimate of drug-likeness (QED) is 0.450. The van der Waals surface area contributed by atoms with E-state index in [1.165, 1.54) is 6.08 Å². The summed E-state index contributed by atoms with van der Waals surface area (Å²) in [6.07, 6.45) is 5.45. The minimum Gasteiger partial charge on any atom is -0.454 e. The lowest BCUT2D eigenvalue weighted by Crippen LogP contribution is -2.47. The van der Waals surface area contributed by atoms with E-state index in [9.17, 15) is 9.59 Å². The SMILES string of the molecule is O=C1OC2(CCCCC2)OC(=O)C1=Cc1ccc2c(c1)OCO2. The highest BCUT2D eigenvalue weighted by molar-refractivity contribution is 6.18. The third-order valence-electron chi connectivity index (χ3n) is 4.32. The predicted molar refractivity (Wildman–Crippen MR) is 78.5 cm³/mol. The van der Waals surface area contributed by atoms with E-state index in [0.717, 1.165) is 19.3 Å². The summed E-state index contributed by atoms with van der Waals surface area (Å²) in [5.41, 5.74) is 0.554. The van der Waals surface area contributed by atoms with Gasteiger partial charge in [-0.25, -0.2) is 9.59 Å². The van der Waals surface area contributed by atoms with Gasteiger partial charge in [-0.2, -0.15) is 0 Å². The molecule has 1 saturated carbocycles. The van der Waals surface area contributed by atoms with E-state index in [4.69, 9.17) is 18.9 Å². The molecule has 23 heavy (non-hydrogen) atoms. The Balaban J connectivity index is 1.59. The summed E-state index contributed by atoms with van der Waals surface area (Å²) in [5, 5.41) is 0. The maximum Gasteiger partial charge on any atom is 0.348 e. The van der Waals surface area contributed by atoms with Crippen LogP contribution in [0.5, 0.6) is 11.5 Å². The zero-order chi connectivity index (χ0) is 15.9.